The van der Waals surface area contributed by atoms with Crippen molar-refractivity contribution in [2.75, 3.05) is 0 Å². The van der Waals surface area contributed by atoms with Gasteiger partial charge in [-0.15, -0.1) is 5.10 Å². The summed E-state index contributed by atoms with van der Waals surface area (Å²) in [6.07, 6.45) is 2.91. The second-order valence-corrected chi connectivity index (χ2v) is 6.43. The van der Waals surface area contributed by atoms with Crippen LogP contribution < -0.4 is 10.5 Å². The zero-order valence-electron chi connectivity index (χ0n) is 14.5. The van der Waals surface area contributed by atoms with Gasteiger partial charge >= 0.3 is 5.97 Å². The van der Waals surface area contributed by atoms with E-state index in [0.29, 0.717) is 30.1 Å². The first kappa shape index (κ1) is 17.3. The molecule has 1 fully saturated rings. The molecule has 1 aliphatic rings. The Bertz CT molecular complexity index is 774. The number of aliphatic carboxylic acids is 1. The van der Waals surface area contributed by atoms with Crippen LogP contribution in [0.25, 0.3) is 11.4 Å². The zero-order valence-corrected chi connectivity index (χ0v) is 14.5. The number of rotatable bonds is 5. The molecule has 2 aromatic rings. The molecule has 2 heterocycles. The normalized spacial score (nSPS) is 20.4. The molecule has 0 unspecified atom stereocenters. The minimum atomic E-state index is -0.740. The topological polar surface area (TPSA) is 116 Å². The van der Waals surface area contributed by atoms with Crippen LogP contribution in [0.2, 0.25) is 0 Å². The van der Waals surface area contributed by atoms with Gasteiger partial charge in [-0.1, -0.05) is 5.21 Å². The molecule has 25 heavy (non-hydrogen) atoms. The van der Waals surface area contributed by atoms with Gasteiger partial charge in [-0.25, -0.2) is 4.98 Å². The molecule has 0 spiro atoms. The summed E-state index contributed by atoms with van der Waals surface area (Å²) < 4.78 is 7.67. The van der Waals surface area contributed by atoms with Gasteiger partial charge in [0.05, 0.1) is 29.1 Å². The van der Waals surface area contributed by atoms with Gasteiger partial charge in [0.2, 0.25) is 0 Å². The van der Waals surface area contributed by atoms with Crippen LogP contribution in [0.1, 0.15) is 37.1 Å². The summed E-state index contributed by atoms with van der Waals surface area (Å²) in [7, 11) is 1.80. The van der Waals surface area contributed by atoms with Crippen molar-refractivity contribution in [2.24, 2.45) is 18.7 Å². The number of aromatic nitrogens is 4. The van der Waals surface area contributed by atoms with Gasteiger partial charge in [0.1, 0.15) is 11.4 Å². The third kappa shape index (κ3) is 3.63. The lowest BCUT2D eigenvalue weighted by Gasteiger charge is -2.27. The van der Waals surface area contributed by atoms with Gasteiger partial charge in [0, 0.05) is 13.6 Å². The van der Waals surface area contributed by atoms with Crippen LogP contribution in [0.5, 0.6) is 5.75 Å². The van der Waals surface area contributed by atoms with Crippen LogP contribution in [0, 0.1) is 12.8 Å². The monoisotopic (exact) mass is 345 g/mol. The summed E-state index contributed by atoms with van der Waals surface area (Å²) in [4.78, 5) is 15.8. The highest BCUT2D eigenvalue weighted by molar-refractivity contribution is 5.70. The van der Waals surface area contributed by atoms with Gasteiger partial charge in [0.15, 0.2) is 0 Å². The third-order valence-electron chi connectivity index (χ3n) is 4.69. The summed E-state index contributed by atoms with van der Waals surface area (Å²) in [5.74, 6) is -0.383. The molecular formula is C17H23N5O3. The first-order valence-electron chi connectivity index (χ1n) is 8.45. The van der Waals surface area contributed by atoms with E-state index >= 15 is 0 Å². The standard InChI is InChI=1S/C17H23N5O3/c1-10-15(25-12-5-3-4-11(8-12)17(23)24)7-6-13(19-10)16-14(9-18)22(2)21-20-16/h6-7,11-12H,3-5,8-9,18H2,1-2H3,(H,23,24)/t11-,12-/m0/s1. The minimum Gasteiger partial charge on any atom is -0.489 e. The van der Waals surface area contributed by atoms with Crippen LogP contribution in [0.4, 0.5) is 0 Å². The number of nitrogens with two attached hydrogens (primary N) is 1. The SMILES string of the molecule is Cc1nc(-c2nnn(C)c2CN)ccc1O[C@H]1CCC[C@H](C(=O)O)C1. The lowest BCUT2D eigenvalue weighted by Crippen LogP contribution is -2.29. The molecule has 0 aromatic carbocycles. The maximum atomic E-state index is 11.2. The van der Waals surface area contributed by atoms with Gasteiger partial charge < -0.3 is 15.6 Å². The predicted molar refractivity (Wildman–Crippen MR) is 90.9 cm³/mol. The van der Waals surface area contributed by atoms with Crippen molar-refractivity contribution in [1.82, 2.24) is 20.0 Å². The molecule has 0 radical (unpaired) electrons. The van der Waals surface area contributed by atoms with Crippen molar-refractivity contribution < 1.29 is 14.6 Å². The lowest BCUT2D eigenvalue weighted by molar-refractivity contribution is -0.143. The Labute approximate surface area is 146 Å². The van der Waals surface area contributed by atoms with E-state index in [2.05, 4.69) is 15.3 Å². The van der Waals surface area contributed by atoms with Gasteiger partial charge in [-0.2, -0.15) is 0 Å². The summed E-state index contributed by atoms with van der Waals surface area (Å²) in [6, 6.07) is 3.69. The number of pyridine rings is 1. The Morgan fingerprint density at radius 1 is 1.44 bits per heavy atom. The van der Waals surface area contributed by atoms with Crippen LogP contribution in [-0.2, 0) is 18.4 Å². The van der Waals surface area contributed by atoms with Crippen LogP contribution in [-0.4, -0.2) is 37.2 Å². The Kier molecular flexibility index (Phi) is 4.98. The van der Waals surface area contributed by atoms with Crippen LogP contribution in [0.3, 0.4) is 0 Å². The molecule has 0 bridgehead atoms. The van der Waals surface area contributed by atoms with E-state index in [0.717, 1.165) is 30.7 Å². The second kappa shape index (κ2) is 7.18. The second-order valence-electron chi connectivity index (χ2n) is 6.43. The van der Waals surface area contributed by atoms with Gasteiger partial charge in [-0.05, 0) is 44.7 Å². The molecular weight excluding hydrogens is 322 g/mol. The highest BCUT2D eigenvalue weighted by atomic mass is 16.5. The summed E-state index contributed by atoms with van der Waals surface area (Å²) in [5, 5.41) is 17.3. The van der Waals surface area contributed by atoms with E-state index < -0.39 is 5.97 Å². The molecule has 1 saturated carbocycles. The average Bonchev–Trinajstić information content (AvgIpc) is 2.97. The van der Waals surface area contributed by atoms with Crippen molar-refractivity contribution >= 4 is 5.97 Å². The number of hydrogen-bond donors (Lipinski definition) is 2. The molecule has 0 amide bonds. The Balaban J connectivity index is 1.77. The molecule has 8 nitrogen and oxygen atoms in total. The first-order chi connectivity index (χ1) is 12.0. The lowest BCUT2D eigenvalue weighted by atomic mass is 9.87. The number of nitrogens with zero attached hydrogens (tertiary/aromatic N) is 4. The molecule has 2 atom stereocenters. The summed E-state index contributed by atoms with van der Waals surface area (Å²) in [5.41, 5.74) is 8.69. The minimum absolute atomic E-state index is 0.0858. The predicted octanol–water partition coefficient (Wildman–Crippen LogP) is 1.67. The third-order valence-corrected chi connectivity index (χ3v) is 4.69. The summed E-state index contributed by atoms with van der Waals surface area (Å²) >= 11 is 0. The number of ether oxygens (including phenoxy) is 1. The van der Waals surface area contributed by atoms with E-state index in [1.807, 2.05) is 19.1 Å². The molecule has 8 heteroatoms. The van der Waals surface area contributed by atoms with Gasteiger partial charge in [-0.3, -0.25) is 9.48 Å². The number of hydrogen-bond acceptors (Lipinski definition) is 6. The highest BCUT2D eigenvalue weighted by Gasteiger charge is 2.28. The summed E-state index contributed by atoms with van der Waals surface area (Å²) in [6.45, 7) is 2.20. The molecule has 3 N–H and O–H groups in total. The average molecular weight is 345 g/mol. The molecule has 0 aliphatic heterocycles. The van der Waals surface area contributed by atoms with Crippen molar-refractivity contribution in [3.63, 3.8) is 0 Å². The number of aryl methyl sites for hydroxylation is 2. The van der Waals surface area contributed by atoms with Crippen molar-refractivity contribution in [3.05, 3.63) is 23.5 Å². The number of carbonyl (C=O) groups is 1. The molecule has 134 valence electrons. The molecule has 3 rings (SSSR count). The Morgan fingerprint density at radius 2 is 2.24 bits per heavy atom. The van der Waals surface area contributed by atoms with Gasteiger partial charge in [0.25, 0.3) is 0 Å². The van der Waals surface area contributed by atoms with Crippen LogP contribution >= 0.6 is 0 Å². The van der Waals surface area contributed by atoms with Crippen molar-refractivity contribution in [2.45, 2.75) is 45.3 Å². The van der Waals surface area contributed by atoms with Crippen LogP contribution in [0.15, 0.2) is 12.1 Å². The van der Waals surface area contributed by atoms with E-state index in [9.17, 15) is 9.90 Å². The Hall–Kier alpha value is -2.48. The van der Waals surface area contributed by atoms with Crippen molar-refractivity contribution in [1.29, 1.82) is 0 Å². The molecule has 0 saturated heterocycles. The van der Waals surface area contributed by atoms with E-state index in [1.165, 1.54) is 0 Å². The highest BCUT2D eigenvalue weighted by Crippen LogP contribution is 2.30. The van der Waals surface area contributed by atoms with E-state index in [-0.39, 0.29) is 12.0 Å². The maximum Gasteiger partial charge on any atom is 0.306 e. The van der Waals surface area contributed by atoms with E-state index in [4.69, 9.17) is 10.5 Å². The first-order valence-corrected chi connectivity index (χ1v) is 8.45. The fourth-order valence-electron chi connectivity index (χ4n) is 3.27. The fourth-order valence-corrected chi connectivity index (χ4v) is 3.27. The maximum absolute atomic E-state index is 11.2. The zero-order chi connectivity index (χ0) is 18.0. The number of carboxylic acid groups (broad SMARTS) is 1. The number of carboxylic acids is 1. The molecule has 2 aromatic heterocycles. The Morgan fingerprint density at radius 3 is 2.92 bits per heavy atom. The fraction of sp³-hybridized carbons (Fsp3) is 0.529. The van der Waals surface area contributed by atoms with E-state index in [1.54, 1.807) is 11.7 Å². The van der Waals surface area contributed by atoms with Crippen molar-refractivity contribution in [3.8, 4) is 17.1 Å². The molecule has 1 aliphatic carbocycles. The quantitative estimate of drug-likeness (QED) is 0.846. The smallest absolute Gasteiger partial charge is 0.306 e. The largest absolute Gasteiger partial charge is 0.489 e.